The Morgan fingerprint density at radius 2 is 1.57 bits per heavy atom. The second-order valence-corrected chi connectivity index (χ2v) is 11.3. The molecule has 256 valence electrons. The van der Waals surface area contributed by atoms with E-state index in [1.54, 1.807) is 69.0 Å². The van der Waals surface area contributed by atoms with Crippen molar-refractivity contribution >= 4 is 17.7 Å². The molecule has 2 aromatic rings. The van der Waals surface area contributed by atoms with Gasteiger partial charge in [-0.1, -0.05) is 24.3 Å². The van der Waals surface area contributed by atoms with Crippen LogP contribution in [-0.2, 0) is 27.4 Å². The lowest BCUT2D eigenvalue weighted by molar-refractivity contribution is -0.308. The number of carbonyl (C=O) groups excluding carboxylic acids is 2. The van der Waals surface area contributed by atoms with E-state index >= 15 is 0 Å². The van der Waals surface area contributed by atoms with Crippen LogP contribution in [0.15, 0.2) is 42.5 Å². The van der Waals surface area contributed by atoms with Gasteiger partial charge in [-0.2, -0.15) is 26.3 Å². The summed E-state index contributed by atoms with van der Waals surface area (Å²) in [4.78, 5) is 26.1. The molecule has 0 spiro atoms. The molecule has 1 amide bonds. The molecule has 0 saturated carbocycles. The molecule has 8 nitrogen and oxygen atoms in total. The van der Waals surface area contributed by atoms with E-state index in [0.717, 1.165) is 5.56 Å². The van der Waals surface area contributed by atoms with Crippen molar-refractivity contribution in [1.29, 1.82) is 0 Å². The first kappa shape index (κ1) is 26.4. The Bertz CT molecular complexity index is 1620. The second-order valence-electron chi connectivity index (χ2n) is 11.3. The van der Waals surface area contributed by atoms with E-state index in [4.69, 9.17) is 20.4 Å². The summed E-state index contributed by atoms with van der Waals surface area (Å²) in [6.45, 7) is -9.75. The van der Waals surface area contributed by atoms with Gasteiger partial charge in [0.2, 0.25) is 0 Å². The number of alkyl halides is 6. The third-order valence-electron chi connectivity index (χ3n) is 6.26. The number of halogens is 6. The summed E-state index contributed by atoms with van der Waals surface area (Å²) < 4.78 is 162. The first-order chi connectivity index (χ1) is 24.4. The summed E-state index contributed by atoms with van der Waals surface area (Å²) in [5, 5.41) is 0. The largest absolute Gasteiger partial charge is 0.497 e. The number of esters is 1. The maximum atomic E-state index is 13.2. The molecule has 1 saturated heterocycles. The predicted octanol–water partition coefficient (Wildman–Crippen LogP) is 6.88. The minimum Gasteiger partial charge on any atom is -0.497 e. The Morgan fingerprint density at radius 3 is 2.11 bits per heavy atom. The third-order valence-corrected chi connectivity index (χ3v) is 6.26. The SMILES string of the molecule is [2H]C1([2H])N(Cc2ccc(C)cc2N(CCCC(=O)OC(C)(C)C)Cc2ccc(OC)cc2)C([2H])([2H])C([2H])([2H])N(C(=O)OC(C(F)(F)F)C(F)(F)F)C1([2H])[2H]. The standard InChI is InChI=1S/C32H41F6N3O5/c1-22-8-11-24(21-39-15-17-40(18-16-39)29(43)45-28(31(33,34)35)32(36,37)38)26(19-22)41(14-6-7-27(42)46-30(2,3)4)20-23-9-12-25(44-5)13-10-23/h8-13,19,28H,6-7,14-18,20-21H2,1-5H3/i15D2,16D2,17D2,18D2. The molecule has 0 atom stereocenters. The van der Waals surface area contributed by atoms with Crippen molar-refractivity contribution < 1.29 is 61.1 Å². The second kappa shape index (κ2) is 15.3. The van der Waals surface area contributed by atoms with Crippen molar-refractivity contribution in [3.8, 4) is 5.75 Å². The highest BCUT2D eigenvalue weighted by Crippen LogP contribution is 2.36. The number of ether oxygens (including phenoxy) is 3. The molecule has 0 unspecified atom stereocenters. The van der Waals surface area contributed by atoms with Crippen molar-refractivity contribution in [1.82, 2.24) is 9.80 Å². The highest BCUT2D eigenvalue weighted by Gasteiger charge is 2.60. The average molecular weight is 670 g/mol. The summed E-state index contributed by atoms with van der Waals surface area (Å²) >= 11 is 0. The van der Waals surface area contributed by atoms with Gasteiger partial charge in [-0.25, -0.2) is 4.79 Å². The minimum atomic E-state index is -6.29. The number of hydrogen-bond donors (Lipinski definition) is 0. The summed E-state index contributed by atoms with van der Waals surface area (Å²) in [6.07, 6.45) is -20.2. The van der Waals surface area contributed by atoms with Gasteiger partial charge in [0.1, 0.15) is 11.4 Å². The summed E-state index contributed by atoms with van der Waals surface area (Å²) in [6, 6.07) is 11.5. The molecule has 1 aliphatic heterocycles. The Balaban J connectivity index is 2.09. The van der Waals surface area contributed by atoms with E-state index in [2.05, 4.69) is 4.74 Å². The number of piperazine rings is 1. The lowest BCUT2D eigenvalue weighted by Gasteiger charge is -2.36. The zero-order chi connectivity index (χ0) is 41.5. The molecule has 0 N–H and O–H groups in total. The van der Waals surface area contributed by atoms with Crippen molar-refractivity contribution in [3.05, 3.63) is 59.2 Å². The number of nitrogens with zero attached hydrogens (tertiary/aromatic N) is 3. The van der Waals surface area contributed by atoms with Crippen LogP contribution in [0.4, 0.5) is 36.8 Å². The monoisotopic (exact) mass is 669 g/mol. The van der Waals surface area contributed by atoms with Crippen LogP contribution in [0.5, 0.6) is 5.75 Å². The molecule has 0 bridgehead atoms. The Kier molecular flexibility index (Phi) is 8.76. The van der Waals surface area contributed by atoms with Gasteiger partial charge in [0.15, 0.2) is 0 Å². The fraction of sp³-hybridized carbons (Fsp3) is 0.562. The van der Waals surface area contributed by atoms with E-state index in [1.165, 1.54) is 13.2 Å². The number of benzene rings is 2. The molecule has 1 aliphatic rings. The smallest absolute Gasteiger partial charge is 0.434 e. The Labute approximate surface area is 276 Å². The normalized spacial score (nSPS) is 21.7. The maximum Gasteiger partial charge on any atom is 0.434 e. The van der Waals surface area contributed by atoms with E-state index in [9.17, 15) is 35.9 Å². The number of methoxy groups -OCH3 is 1. The molecule has 46 heavy (non-hydrogen) atoms. The van der Waals surface area contributed by atoms with Crippen molar-refractivity contribution in [2.75, 3.05) is 44.5 Å². The van der Waals surface area contributed by atoms with Gasteiger partial charge in [-0.15, -0.1) is 0 Å². The highest BCUT2D eigenvalue weighted by atomic mass is 19.4. The quantitative estimate of drug-likeness (QED) is 0.191. The topological polar surface area (TPSA) is 71.6 Å². The van der Waals surface area contributed by atoms with Crippen LogP contribution in [0.25, 0.3) is 0 Å². The van der Waals surface area contributed by atoms with Crippen molar-refractivity contribution in [3.63, 3.8) is 0 Å². The predicted molar refractivity (Wildman–Crippen MR) is 160 cm³/mol. The summed E-state index contributed by atoms with van der Waals surface area (Å²) in [7, 11) is 1.48. The molecule has 0 aromatic heterocycles. The van der Waals surface area contributed by atoms with Gasteiger partial charge < -0.3 is 24.0 Å². The Hall–Kier alpha value is -3.68. The lowest BCUT2D eigenvalue weighted by Crippen LogP contribution is -2.52. The fourth-order valence-electron chi connectivity index (χ4n) is 4.23. The average Bonchev–Trinajstić information content (AvgIpc) is 2.99. The van der Waals surface area contributed by atoms with Gasteiger partial charge in [-0.05, 0) is 69.0 Å². The highest BCUT2D eigenvalue weighted by molar-refractivity contribution is 5.70. The van der Waals surface area contributed by atoms with Gasteiger partial charge >= 0.3 is 24.4 Å². The number of hydrogen-bond acceptors (Lipinski definition) is 7. The third kappa shape index (κ3) is 11.3. The van der Waals surface area contributed by atoms with E-state index in [1.807, 2.05) is 0 Å². The van der Waals surface area contributed by atoms with Crippen molar-refractivity contribution in [2.24, 2.45) is 0 Å². The number of anilines is 1. The minimum absolute atomic E-state index is 0.0232. The molecule has 0 radical (unpaired) electrons. The fourth-order valence-corrected chi connectivity index (χ4v) is 4.23. The molecule has 0 aliphatic carbocycles. The van der Waals surface area contributed by atoms with Gasteiger partial charge in [0.05, 0.1) is 12.6 Å². The molecule has 14 heteroatoms. The number of amides is 1. The van der Waals surface area contributed by atoms with Crippen LogP contribution in [0.1, 0.15) is 61.3 Å². The summed E-state index contributed by atoms with van der Waals surface area (Å²) in [5.74, 6) is 0.0604. The molecule has 3 rings (SSSR count). The van der Waals surface area contributed by atoms with Crippen molar-refractivity contribution in [2.45, 2.75) is 77.7 Å². The molecule has 1 heterocycles. The van der Waals surface area contributed by atoms with E-state index in [-0.39, 0.29) is 36.4 Å². The van der Waals surface area contributed by atoms with E-state index in [0.29, 0.717) is 17.0 Å². The number of carbonyl (C=O) groups is 2. The first-order valence-corrected chi connectivity index (χ1v) is 14.0. The number of rotatable bonds is 11. The first-order valence-electron chi connectivity index (χ1n) is 18.0. The van der Waals surface area contributed by atoms with Crippen LogP contribution in [0.2, 0.25) is 0 Å². The van der Waals surface area contributed by atoms with Gasteiger partial charge in [-0.3, -0.25) is 9.69 Å². The van der Waals surface area contributed by atoms with E-state index < -0.39 is 73.6 Å². The van der Waals surface area contributed by atoms with Crippen LogP contribution in [0, 0.1) is 6.92 Å². The zero-order valence-electron chi connectivity index (χ0n) is 33.8. The summed E-state index contributed by atoms with van der Waals surface area (Å²) in [5.41, 5.74) is 1.01. The van der Waals surface area contributed by atoms with Crippen LogP contribution in [0.3, 0.4) is 0 Å². The van der Waals surface area contributed by atoms with Gasteiger partial charge in [0.25, 0.3) is 6.10 Å². The Morgan fingerprint density at radius 1 is 0.957 bits per heavy atom. The van der Waals surface area contributed by atoms with Gasteiger partial charge in [0, 0.05) is 63.2 Å². The molecule has 2 aromatic carbocycles. The lowest BCUT2D eigenvalue weighted by atomic mass is 10.1. The number of aryl methyl sites for hydroxylation is 1. The molecule has 1 fully saturated rings. The maximum absolute atomic E-state index is 13.2. The van der Waals surface area contributed by atoms with Crippen LogP contribution in [-0.4, -0.2) is 85.6 Å². The van der Waals surface area contributed by atoms with Crippen LogP contribution < -0.4 is 9.64 Å². The zero-order valence-corrected chi connectivity index (χ0v) is 25.8. The molecular weight excluding hydrogens is 620 g/mol. The van der Waals surface area contributed by atoms with Crippen LogP contribution >= 0.6 is 0 Å². The molecular formula is C32H41F6N3O5.